The summed E-state index contributed by atoms with van der Waals surface area (Å²) in [4.78, 5) is 19.3. The van der Waals surface area contributed by atoms with E-state index in [1.807, 2.05) is 6.92 Å². The Hall–Kier alpha value is -1.95. The molecule has 1 unspecified atom stereocenters. The molecule has 0 fully saturated rings. The third-order valence-electron chi connectivity index (χ3n) is 2.39. The molecule has 1 atom stereocenters. The zero-order valence-electron chi connectivity index (χ0n) is 8.79. The van der Waals surface area contributed by atoms with Gasteiger partial charge in [0.2, 0.25) is 0 Å². The second-order valence-electron chi connectivity index (χ2n) is 3.59. The summed E-state index contributed by atoms with van der Waals surface area (Å²) in [6.45, 7) is 1.89. The highest BCUT2D eigenvalue weighted by atomic mass is 16.4. The first-order chi connectivity index (χ1) is 7.61. The molecule has 3 N–H and O–H groups in total. The van der Waals surface area contributed by atoms with Gasteiger partial charge in [-0.15, -0.1) is 0 Å². The summed E-state index contributed by atoms with van der Waals surface area (Å²) in [5.74, 6) is -1.73. The molecule has 0 aromatic carbocycles. The summed E-state index contributed by atoms with van der Waals surface area (Å²) < 4.78 is 1.69. The minimum atomic E-state index is -0.962. The number of aryl methyl sites for hydroxylation is 1. The molecule has 0 radical (unpaired) electrons. The van der Waals surface area contributed by atoms with Crippen molar-refractivity contribution in [2.24, 2.45) is 5.73 Å². The lowest BCUT2D eigenvalue weighted by molar-refractivity contribution is -0.138. The second kappa shape index (κ2) is 3.90. The fourth-order valence-electron chi connectivity index (χ4n) is 1.52. The largest absolute Gasteiger partial charge is 0.481 e. The van der Waals surface area contributed by atoms with Gasteiger partial charge in [0.15, 0.2) is 0 Å². The van der Waals surface area contributed by atoms with Crippen molar-refractivity contribution < 1.29 is 9.90 Å². The van der Waals surface area contributed by atoms with Crippen molar-refractivity contribution in [1.29, 1.82) is 0 Å². The summed E-state index contributed by atoms with van der Waals surface area (Å²) >= 11 is 0. The van der Waals surface area contributed by atoms with Crippen LogP contribution in [0.4, 0.5) is 0 Å². The summed E-state index contributed by atoms with van der Waals surface area (Å²) in [6, 6.07) is 1.79. The van der Waals surface area contributed by atoms with Gasteiger partial charge >= 0.3 is 5.97 Å². The van der Waals surface area contributed by atoms with E-state index in [0.717, 1.165) is 5.69 Å². The lowest BCUT2D eigenvalue weighted by Gasteiger charge is -2.04. The molecule has 0 aliphatic carbocycles. The van der Waals surface area contributed by atoms with Crippen LogP contribution in [0.25, 0.3) is 5.65 Å². The normalized spacial score (nSPS) is 12.9. The average molecular weight is 220 g/mol. The first-order valence-corrected chi connectivity index (χ1v) is 4.86. The molecular formula is C10H12N4O2. The molecule has 0 amide bonds. The number of rotatable bonds is 3. The van der Waals surface area contributed by atoms with E-state index in [-0.39, 0.29) is 6.54 Å². The Kier molecular flexibility index (Phi) is 2.57. The van der Waals surface area contributed by atoms with Gasteiger partial charge < -0.3 is 10.8 Å². The number of hydrogen-bond donors (Lipinski definition) is 2. The van der Waals surface area contributed by atoms with Crippen molar-refractivity contribution in [3.8, 4) is 0 Å². The predicted molar refractivity (Wildman–Crippen MR) is 57.2 cm³/mol. The van der Waals surface area contributed by atoms with Crippen LogP contribution >= 0.6 is 0 Å². The molecule has 0 aliphatic rings. The molecule has 2 rings (SSSR count). The van der Waals surface area contributed by atoms with Crippen LogP contribution in [0.3, 0.4) is 0 Å². The number of carboxylic acids is 1. The summed E-state index contributed by atoms with van der Waals surface area (Å²) in [6.07, 6.45) is 3.25. The highest BCUT2D eigenvalue weighted by molar-refractivity contribution is 5.76. The molecule has 2 aromatic heterocycles. The summed E-state index contributed by atoms with van der Waals surface area (Å²) in [5.41, 5.74) is 7.39. The lowest BCUT2D eigenvalue weighted by Crippen LogP contribution is -2.21. The van der Waals surface area contributed by atoms with Gasteiger partial charge in [0.05, 0.1) is 5.69 Å². The number of aromatic nitrogens is 3. The van der Waals surface area contributed by atoms with Gasteiger partial charge in [-0.2, -0.15) is 0 Å². The van der Waals surface area contributed by atoms with E-state index in [9.17, 15) is 4.79 Å². The molecule has 84 valence electrons. The maximum atomic E-state index is 10.9. The zero-order valence-corrected chi connectivity index (χ0v) is 8.79. The van der Waals surface area contributed by atoms with Gasteiger partial charge in [0, 0.05) is 24.5 Å². The smallest absolute Gasteiger partial charge is 0.313 e. The third kappa shape index (κ3) is 1.74. The maximum absolute atomic E-state index is 10.9. The first kappa shape index (κ1) is 10.6. The number of carboxylic acid groups (broad SMARTS) is 1. The van der Waals surface area contributed by atoms with Gasteiger partial charge in [-0.1, -0.05) is 0 Å². The highest BCUT2D eigenvalue weighted by Crippen LogP contribution is 2.15. The maximum Gasteiger partial charge on any atom is 0.313 e. The molecular weight excluding hydrogens is 208 g/mol. The van der Waals surface area contributed by atoms with Crippen LogP contribution in [0.1, 0.15) is 17.3 Å². The van der Waals surface area contributed by atoms with E-state index in [4.69, 9.17) is 10.8 Å². The quantitative estimate of drug-likeness (QED) is 0.768. The van der Waals surface area contributed by atoms with Crippen LogP contribution in [0.2, 0.25) is 0 Å². The fraction of sp³-hybridized carbons (Fsp3) is 0.300. The molecule has 6 heteroatoms. The first-order valence-electron chi connectivity index (χ1n) is 4.86. The third-order valence-corrected chi connectivity index (χ3v) is 2.39. The van der Waals surface area contributed by atoms with Crippen molar-refractivity contribution in [3.05, 3.63) is 30.0 Å². The molecule has 0 saturated carbocycles. The standard InChI is InChI=1S/C10H12N4O2/c1-6-2-9-13-8(4-14(9)5-12-6)7(3-11)10(15)16/h2,4-5,7H,3,11H2,1H3,(H,15,16). The molecule has 0 saturated heterocycles. The van der Waals surface area contributed by atoms with Crippen LogP contribution in [0.5, 0.6) is 0 Å². The fourth-order valence-corrected chi connectivity index (χ4v) is 1.52. The van der Waals surface area contributed by atoms with Crippen molar-refractivity contribution in [2.75, 3.05) is 6.54 Å². The number of nitrogens with two attached hydrogens (primary N) is 1. The van der Waals surface area contributed by atoms with Crippen LogP contribution in [0.15, 0.2) is 18.6 Å². The summed E-state index contributed by atoms with van der Waals surface area (Å²) in [5, 5.41) is 8.96. The number of carbonyl (C=O) groups is 1. The van der Waals surface area contributed by atoms with Gasteiger partial charge in [0.25, 0.3) is 0 Å². The molecule has 6 nitrogen and oxygen atoms in total. The summed E-state index contributed by atoms with van der Waals surface area (Å²) in [7, 11) is 0. The zero-order chi connectivity index (χ0) is 11.7. The Labute approximate surface area is 91.7 Å². The van der Waals surface area contributed by atoms with Crippen LogP contribution in [0, 0.1) is 6.92 Å². The number of hydrogen-bond acceptors (Lipinski definition) is 4. The lowest BCUT2D eigenvalue weighted by atomic mass is 10.1. The number of imidazole rings is 1. The Morgan fingerprint density at radius 2 is 2.44 bits per heavy atom. The van der Waals surface area contributed by atoms with E-state index in [2.05, 4.69) is 9.97 Å². The minimum Gasteiger partial charge on any atom is -0.481 e. The predicted octanol–water partition coefficient (Wildman–Crippen LogP) is 0.165. The monoisotopic (exact) mass is 220 g/mol. The van der Waals surface area contributed by atoms with Crippen molar-refractivity contribution in [3.63, 3.8) is 0 Å². The number of nitrogens with zero attached hydrogens (tertiary/aromatic N) is 3. The van der Waals surface area contributed by atoms with Gasteiger partial charge in [-0.05, 0) is 6.92 Å². The molecule has 0 bridgehead atoms. The molecule has 0 spiro atoms. The van der Waals surface area contributed by atoms with E-state index in [1.54, 1.807) is 23.0 Å². The van der Waals surface area contributed by atoms with Gasteiger partial charge in [-0.3, -0.25) is 9.20 Å². The Morgan fingerprint density at radius 1 is 1.69 bits per heavy atom. The van der Waals surface area contributed by atoms with E-state index in [1.165, 1.54) is 0 Å². The van der Waals surface area contributed by atoms with Gasteiger partial charge in [-0.25, -0.2) is 9.97 Å². The van der Waals surface area contributed by atoms with Crippen LogP contribution < -0.4 is 5.73 Å². The van der Waals surface area contributed by atoms with Crippen LogP contribution in [-0.2, 0) is 4.79 Å². The Balaban J connectivity index is 2.49. The number of aliphatic carboxylic acids is 1. The number of fused-ring (bicyclic) bond motifs is 1. The second-order valence-corrected chi connectivity index (χ2v) is 3.59. The molecule has 16 heavy (non-hydrogen) atoms. The SMILES string of the molecule is Cc1cc2nc(C(CN)C(=O)O)cn2cn1. The van der Waals surface area contributed by atoms with E-state index >= 15 is 0 Å². The minimum absolute atomic E-state index is 0.0334. The van der Waals surface area contributed by atoms with E-state index < -0.39 is 11.9 Å². The molecule has 0 aliphatic heterocycles. The van der Waals surface area contributed by atoms with Crippen LogP contribution in [-0.4, -0.2) is 32.0 Å². The van der Waals surface area contributed by atoms with E-state index in [0.29, 0.717) is 11.3 Å². The Morgan fingerprint density at radius 3 is 3.06 bits per heavy atom. The van der Waals surface area contributed by atoms with Crippen molar-refractivity contribution in [2.45, 2.75) is 12.8 Å². The average Bonchev–Trinajstić information content (AvgIpc) is 2.60. The topological polar surface area (TPSA) is 93.5 Å². The van der Waals surface area contributed by atoms with Crippen molar-refractivity contribution >= 4 is 11.6 Å². The van der Waals surface area contributed by atoms with Gasteiger partial charge in [0.1, 0.15) is 17.9 Å². The highest BCUT2D eigenvalue weighted by Gasteiger charge is 2.21. The molecule has 2 heterocycles. The van der Waals surface area contributed by atoms with Crippen molar-refractivity contribution in [1.82, 2.24) is 14.4 Å². The molecule has 2 aromatic rings. The Bertz CT molecular complexity index is 535.